The molecule has 3 rings (SSSR count). The van der Waals surface area contributed by atoms with Gasteiger partial charge in [0.25, 0.3) is 0 Å². The van der Waals surface area contributed by atoms with Gasteiger partial charge in [0, 0.05) is 26.7 Å². The van der Waals surface area contributed by atoms with Gasteiger partial charge in [0.15, 0.2) is 0 Å². The summed E-state index contributed by atoms with van der Waals surface area (Å²) in [6.45, 7) is 5.60. The van der Waals surface area contributed by atoms with Gasteiger partial charge < -0.3 is 30.2 Å². The van der Waals surface area contributed by atoms with Crippen LogP contribution in [-0.2, 0) is 45.2 Å². The molecule has 1 heterocycles. The Morgan fingerprint density at radius 1 is 0.923 bits per heavy atom. The normalized spacial score (nSPS) is 15.8. The summed E-state index contributed by atoms with van der Waals surface area (Å²) in [4.78, 5) is 65.8. The number of rotatable bonds is 17. The van der Waals surface area contributed by atoms with E-state index >= 15 is 0 Å². The molecule has 1 aliphatic rings. The predicted molar refractivity (Wildman–Crippen MR) is 191 cm³/mol. The summed E-state index contributed by atoms with van der Waals surface area (Å²) in [5.41, 5.74) is 0.0456. The van der Waals surface area contributed by atoms with Gasteiger partial charge in [0.05, 0.1) is 12.0 Å². The van der Waals surface area contributed by atoms with Crippen LogP contribution < -0.4 is 16.0 Å². The quantitative estimate of drug-likeness (QED) is 0.123. The summed E-state index contributed by atoms with van der Waals surface area (Å²) in [5.74, 6) is -1.94. The van der Waals surface area contributed by atoms with Crippen LogP contribution in [0.3, 0.4) is 0 Å². The van der Waals surface area contributed by atoms with Crippen LogP contribution in [0.2, 0.25) is 0 Å². The van der Waals surface area contributed by atoms with E-state index in [1.165, 1.54) is 24.1 Å². The molecule has 0 aliphatic carbocycles. The minimum Gasteiger partial charge on any atom is -0.467 e. The highest BCUT2D eigenvalue weighted by atomic mass is 32.2. The van der Waals surface area contributed by atoms with Crippen molar-refractivity contribution in [1.82, 2.24) is 25.2 Å². The van der Waals surface area contributed by atoms with Crippen molar-refractivity contribution >= 4 is 40.0 Å². The van der Waals surface area contributed by atoms with E-state index < -0.39 is 63.7 Å². The predicted octanol–water partition coefficient (Wildman–Crippen LogP) is 3.34. The lowest BCUT2D eigenvalue weighted by Gasteiger charge is -2.30. The summed E-state index contributed by atoms with van der Waals surface area (Å²) in [6, 6.07) is 13.9. The number of likely N-dealkylation sites (N-methyl/N-ethyl adjacent to an activating group) is 1. The van der Waals surface area contributed by atoms with Gasteiger partial charge in [-0.15, -0.1) is 0 Å². The second kappa shape index (κ2) is 19.8. The van der Waals surface area contributed by atoms with Gasteiger partial charge >= 0.3 is 18.2 Å². The summed E-state index contributed by atoms with van der Waals surface area (Å²) >= 11 is 0. The van der Waals surface area contributed by atoms with E-state index in [1.54, 1.807) is 39.0 Å². The van der Waals surface area contributed by atoms with Crippen LogP contribution in [0.1, 0.15) is 64.9 Å². The van der Waals surface area contributed by atoms with E-state index in [4.69, 9.17) is 14.2 Å². The third kappa shape index (κ3) is 12.8. The smallest absolute Gasteiger partial charge is 0.410 e. The molecule has 1 saturated heterocycles. The van der Waals surface area contributed by atoms with Gasteiger partial charge in [-0.05, 0) is 77.0 Å². The van der Waals surface area contributed by atoms with Crippen LogP contribution in [0.5, 0.6) is 0 Å². The summed E-state index contributed by atoms with van der Waals surface area (Å²) in [7, 11) is -1.35. The van der Waals surface area contributed by atoms with E-state index in [-0.39, 0.29) is 50.4 Å². The largest absolute Gasteiger partial charge is 0.467 e. The molecule has 0 spiro atoms. The Balaban J connectivity index is 1.57. The number of carbonyl (C=O) groups excluding carboxylic acids is 5. The number of benzene rings is 2. The number of ether oxygens (including phenoxy) is 3. The lowest BCUT2D eigenvalue weighted by Crippen LogP contribution is -2.52. The van der Waals surface area contributed by atoms with Crippen molar-refractivity contribution in [3.05, 3.63) is 66.2 Å². The average molecular weight is 746 g/mol. The van der Waals surface area contributed by atoms with E-state index in [9.17, 15) is 32.4 Å². The fourth-order valence-corrected chi connectivity index (χ4v) is 7.20. The van der Waals surface area contributed by atoms with Crippen LogP contribution >= 0.6 is 0 Å². The van der Waals surface area contributed by atoms with Gasteiger partial charge in [0.2, 0.25) is 21.8 Å². The Bertz CT molecular complexity index is 1600. The van der Waals surface area contributed by atoms with Crippen molar-refractivity contribution in [2.24, 2.45) is 0 Å². The van der Waals surface area contributed by atoms with Gasteiger partial charge in [-0.1, -0.05) is 48.5 Å². The number of sulfonamides is 1. The molecular formula is C36H51N5O10S. The lowest BCUT2D eigenvalue weighted by atomic mass is 10.1. The molecule has 286 valence electrons. The number of hydrogen-bond donors (Lipinski definition) is 3. The molecule has 3 atom stereocenters. The first kappa shape index (κ1) is 41.7. The maximum Gasteiger partial charge on any atom is 0.410 e. The maximum atomic E-state index is 13.5. The number of carbonyl (C=O) groups is 5. The molecule has 3 N–H and O–H groups in total. The molecule has 52 heavy (non-hydrogen) atoms. The summed E-state index contributed by atoms with van der Waals surface area (Å²) in [5, 5.41) is 8.02. The van der Waals surface area contributed by atoms with Crippen molar-refractivity contribution in [1.29, 1.82) is 0 Å². The van der Waals surface area contributed by atoms with Crippen molar-refractivity contribution in [2.45, 2.75) is 94.5 Å². The fraction of sp³-hybridized carbons (Fsp3) is 0.528. The van der Waals surface area contributed by atoms with E-state index in [0.717, 1.165) is 17.0 Å². The number of nitrogens with one attached hydrogen (secondary N) is 3. The highest BCUT2D eigenvalue weighted by molar-refractivity contribution is 7.89. The van der Waals surface area contributed by atoms with Gasteiger partial charge in [-0.2, -0.15) is 4.31 Å². The van der Waals surface area contributed by atoms with Gasteiger partial charge in [-0.3, -0.25) is 14.5 Å². The molecular weight excluding hydrogens is 694 g/mol. The molecule has 0 radical (unpaired) electrons. The molecule has 2 aromatic rings. The Kier molecular flexibility index (Phi) is 15.9. The van der Waals surface area contributed by atoms with Crippen LogP contribution in [0.15, 0.2) is 65.6 Å². The number of amides is 4. The monoisotopic (exact) mass is 745 g/mol. The Labute approximate surface area is 305 Å². The SMILES string of the molecule is COC(=O)[C@H](CCNC(=O)[C@H](CCCCNC(=O)OCc1ccccc1)N(C)C(=O)OC(C)(C)C)NC(=O)C1CCCN1S(=O)(=O)c1ccccc1. The molecule has 0 bridgehead atoms. The van der Waals surface area contributed by atoms with Crippen LogP contribution in [0, 0.1) is 0 Å². The second-order valence-corrected chi connectivity index (χ2v) is 15.2. The molecule has 1 fully saturated rings. The first-order valence-electron chi connectivity index (χ1n) is 17.3. The van der Waals surface area contributed by atoms with E-state index in [2.05, 4.69) is 16.0 Å². The zero-order chi connectivity index (χ0) is 38.3. The summed E-state index contributed by atoms with van der Waals surface area (Å²) in [6.07, 6.45) is 0.551. The molecule has 4 amide bonds. The number of hydrogen-bond acceptors (Lipinski definition) is 10. The van der Waals surface area contributed by atoms with E-state index in [1.807, 2.05) is 30.3 Å². The highest BCUT2D eigenvalue weighted by Gasteiger charge is 2.40. The van der Waals surface area contributed by atoms with Crippen LogP contribution in [0.4, 0.5) is 9.59 Å². The Hall–Kier alpha value is -4.70. The fourth-order valence-electron chi connectivity index (χ4n) is 5.52. The Morgan fingerprint density at radius 2 is 1.58 bits per heavy atom. The molecule has 16 heteroatoms. The third-order valence-corrected chi connectivity index (χ3v) is 10.2. The second-order valence-electron chi connectivity index (χ2n) is 13.3. The van der Waals surface area contributed by atoms with Crippen LogP contribution in [0.25, 0.3) is 0 Å². The standard InChI is InChI=1S/C36H51N5O10S/c1-36(2,3)51-35(46)40(4)29(19-12-13-22-38-34(45)50-25-26-15-8-6-9-16-26)31(42)37-23-21-28(33(44)49-5)39-32(43)30-20-14-24-41(30)52(47,48)27-17-10-7-11-18-27/h6-11,15-18,28-30H,12-14,19-25H2,1-5H3,(H,37,42)(H,38,45)(H,39,43)/t28-,29-,30?/m0/s1. The number of esters is 1. The third-order valence-electron chi connectivity index (χ3n) is 8.23. The molecule has 1 aliphatic heterocycles. The number of unbranched alkanes of at least 4 members (excludes halogenated alkanes) is 1. The molecule has 15 nitrogen and oxygen atoms in total. The minimum atomic E-state index is -3.96. The first-order valence-corrected chi connectivity index (χ1v) is 18.7. The highest BCUT2D eigenvalue weighted by Crippen LogP contribution is 2.26. The zero-order valence-electron chi connectivity index (χ0n) is 30.5. The lowest BCUT2D eigenvalue weighted by molar-refractivity contribution is -0.145. The minimum absolute atomic E-state index is 0.0606. The Morgan fingerprint density at radius 3 is 2.21 bits per heavy atom. The maximum absolute atomic E-state index is 13.5. The zero-order valence-corrected chi connectivity index (χ0v) is 31.3. The molecule has 1 unspecified atom stereocenters. The van der Waals surface area contributed by atoms with Crippen LogP contribution in [-0.4, -0.2) is 105 Å². The van der Waals surface area contributed by atoms with Crippen molar-refractivity contribution < 1.29 is 46.6 Å². The number of nitrogens with zero attached hydrogens (tertiary/aromatic N) is 2. The average Bonchev–Trinajstić information content (AvgIpc) is 3.63. The topological polar surface area (TPSA) is 190 Å². The van der Waals surface area contributed by atoms with Gasteiger partial charge in [0.1, 0.15) is 30.3 Å². The first-order chi connectivity index (χ1) is 24.6. The molecule has 0 aromatic heterocycles. The van der Waals surface area contributed by atoms with Gasteiger partial charge in [-0.25, -0.2) is 22.8 Å². The van der Waals surface area contributed by atoms with Crippen molar-refractivity contribution in [3.8, 4) is 0 Å². The number of alkyl carbamates (subject to hydrolysis) is 1. The van der Waals surface area contributed by atoms with Crippen molar-refractivity contribution in [3.63, 3.8) is 0 Å². The van der Waals surface area contributed by atoms with E-state index in [0.29, 0.717) is 19.3 Å². The number of methoxy groups -OCH3 is 1. The molecule has 2 aromatic carbocycles. The van der Waals surface area contributed by atoms with Crippen molar-refractivity contribution in [2.75, 3.05) is 33.8 Å². The molecule has 0 saturated carbocycles. The summed E-state index contributed by atoms with van der Waals surface area (Å²) < 4.78 is 43.3.